The molecule has 0 saturated carbocycles. The summed E-state index contributed by atoms with van der Waals surface area (Å²) in [7, 11) is 0. The van der Waals surface area contributed by atoms with Gasteiger partial charge < -0.3 is 9.84 Å². The maximum absolute atomic E-state index is 10.1. The van der Waals surface area contributed by atoms with Crippen LogP contribution in [0.15, 0.2) is 72.1 Å². The molecule has 0 bridgehead atoms. The molecule has 3 aromatic rings. The van der Waals surface area contributed by atoms with Crippen LogP contribution in [0.4, 0.5) is 0 Å². The summed E-state index contributed by atoms with van der Waals surface area (Å²) in [5.41, 5.74) is 0.995. The molecule has 23 heavy (non-hydrogen) atoms. The second-order valence-electron chi connectivity index (χ2n) is 4.91. The van der Waals surface area contributed by atoms with Crippen LogP contribution in [0, 0.1) is 0 Å². The molecule has 0 saturated heterocycles. The molecule has 5 nitrogen and oxygen atoms in total. The molecule has 118 valence electrons. The van der Waals surface area contributed by atoms with E-state index in [0.29, 0.717) is 5.75 Å². The van der Waals surface area contributed by atoms with Crippen LogP contribution in [-0.2, 0) is 0 Å². The summed E-state index contributed by atoms with van der Waals surface area (Å²) in [4.78, 5) is 0. The lowest BCUT2D eigenvalue weighted by molar-refractivity contribution is 0.126. The van der Waals surface area contributed by atoms with Crippen molar-refractivity contribution in [2.45, 2.75) is 11.3 Å². The summed E-state index contributed by atoms with van der Waals surface area (Å²) in [6, 6.07) is 19.3. The quantitative estimate of drug-likeness (QED) is 0.676. The maximum Gasteiger partial charge on any atom is 0.195 e. The number of hydrogen-bond acceptors (Lipinski definition) is 5. The zero-order valence-corrected chi connectivity index (χ0v) is 13.3. The Hall–Kier alpha value is -2.31. The van der Waals surface area contributed by atoms with Crippen molar-refractivity contribution in [3.05, 3.63) is 67.0 Å². The fourth-order valence-corrected chi connectivity index (χ4v) is 2.85. The molecular formula is C17H17N3O2S. The summed E-state index contributed by atoms with van der Waals surface area (Å²) < 4.78 is 7.44. The number of benzene rings is 2. The number of thioether (sulfide) groups is 1. The highest BCUT2D eigenvalue weighted by atomic mass is 32.2. The molecule has 3 rings (SSSR count). The van der Waals surface area contributed by atoms with Gasteiger partial charge in [-0.25, -0.2) is 0 Å². The van der Waals surface area contributed by atoms with Gasteiger partial charge in [-0.05, 0) is 24.3 Å². The molecular weight excluding hydrogens is 310 g/mol. The third kappa shape index (κ3) is 4.34. The van der Waals surface area contributed by atoms with Gasteiger partial charge >= 0.3 is 0 Å². The normalized spacial score (nSPS) is 12.0. The standard InChI is InChI=1S/C17H17N3O2S/c21-15(11-22-16-9-5-2-6-10-16)12-23-17-19-18-13-20(17)14-7-3-1-4-8-14/h1-10,13,15,21H,11-12H2. The van der Waals surface area contributed by atoms with Crippen LogP contribution < -0.4 is 4.74 Å². The van der Waals surface area contributed by atoms with Gasteiger partial charge in [0, 0.05) is 11.4 Å². The lowest BCUT2D eigenvalue weighted by Crippen LogP contribution is -2.20. The van der Waals surface area contributed by atoms with E-state index in [0.717, 1.165) is 16.6 Å². The van der Waals surface area contributed by atoms with Crippen LogP contribution in [-0.4, -0.2) is 38.3 Å². The Balaban J connectivity index is 1.54. The van der Waals surface area contributed by atoms with E-state index in [-0.39, 0.29) is 6.61 Å². The van der Waals surface area contributed by atoms with E-state index in [4.69, 9.17) is 4.74 Å². The first kappa shape index (κ1) is 15.6. The van der Waals surface area contributed by atoms with Gasteiger partial charge in [-0.1, -0.05) is 48.2 Å². The molecule has 0 amide bonds. The Morgan fingerprint density at radius 2 is 1.74 bits per heavy atom. The lowest BCUT2D eigenvalue weighted by Gasteiger charge is -2.12. The van der Waals surface area contributed by atoms with Crippen molar-refractivity contribution in [1.29, 1.82) is 0 Å². The molecule has 1 aromatic heterocycles. The van der Waals surface area contributed by atoms with Crippen LogP contribution in [0.25, 0.3) is 5.69 Å². The van der Waals surface area contributed by atoms with Gasteiger partial charge in [0.2, 0.25) is 0 Å². The molecule has 1 unspecified atom stereocenters. The predicted octanol–water partition coefficient (Wildman–Crippen LogP) is 2.80. The summed E-state index contributed by atoms with van der Waals surface area (Å²) in [6.07, 6.45) is 1.09. The first-order valence-corrected chi connectivity index (χ1v) is 8.25. The van der Waals surface area contributed by atoms with Crippen molar-refractivity contribution < 1.29 is 9.84 Å². The van der Waals surface area contributed by atoms with E-state index in [2.05, 4.69) is 10.2 Å². The minimum atomic E-state index is -0.582. The molecule has 1 atom stereocenters. The zero-order chi connectivity index (χ0) is 15.9. The molecule has 0 spiro atoms. The molecule has 0 aliphatic rings. The van der Waals surface area contributed by atoms with Crippen LogP contribution in [0.3, 0.4) is 0 Å². The molecule has 1 heterocycles. The maximum atomic E-state index is 10.1. The first-order valence-electron chi connectivity index (χ1n) is 7.27. The molecule has 1 N–H and O–H groups in total. The van der Waals surface area contributed by atoms with E-state index >= 15 is 0 Å². The number of para-hydroxylation sites is 2. The minimum Gasteiger partial charge on any atom is -0.491 e. The van der Waals surface area contributed by atoms with Crippen molar-refractivity contribution in [3.63, 3.8) is 0 Å². The average molecular weight is 327 g/mol. The fraction of sp³-hybridized carbons (Fsp3) is 0.176. The fourth-order valence-electron chi connectivity index (χ4n) is 2.02. The Kier molecular flexibility index (Phi) is 5.29. The second kappa shape index (κ2) is 7.80. The molecule has 0 radical (unpaired) electrons. The van der Waals surface area contributed by atoms with Gasteiger partial charge in [-0.15, -0.1) is 10.2 Å². The Morgan fingerprint density at radius 3 is 2.48 bits per heavy atom. The van der Waals surface area contributed by atoms with E-state index in [1.807, 2.05) is 65.2 Å². The van der Waals surface area contributed by atoms with Crippen LogP contribution in [0.1, 0.15) is 0 Å². The highest BCUT2D eigenvalue weighted by Crippen LogP contribution is 2.20. The lowest BCUT2D eigenvalue weighted by atomic mass is 10.3. The van der Waals surface area contributed by atoms with Gasteiger partial charge in [-0.3, -0.25) is 4.57 Å². The van der Waals surface area contributed by atoms with Crippen molar-refractivity contribution in [2.75, 3.05) is 12.4 Å². The summed E-state index contributed by atoms with van der Waals surface area (Å²) in [6.45, 7) is 0.247. The average Bonchev–Trinajstić information content (AvgIpc) is 3.08. The molecule has 2 aromatic carbocycles. The number of ether oxygens (including phenoxy) is 1. The number of nitrogens with zero attached hydrogens (tertiary/aromatic N) is 3. The van der Waals surface area contributed by atoms with Crippen LogP contribution in [0.5, 0.6) is 5.75 Å². The van der Waals surface area contributed by atoms with Gasteiger partial charge in [0.15, 0.2) is 5.16 Å². The third-order valence-electron chi connectivity index (χ3n) is 3.14. The van der Waals surface area contributed by atoms with Crippen molar-refractivity contribution in [3.8, 4) is 11.4 Å². The number of aliphatic hydroxyl groups excluding tert-OH is 1. The van der Waals surface area contributed by atoms with Gasteiger partial charge in [0.1, 0.15) is 18.7 Å². The second-order valence-corrected chi connectivity index (χ2v) is 5.90. The van der Waals surface area contributed by atoms with E-state index in [9.17, 15) is 5.11 Å². The topological polar surface area (TPSA) is 60.2 Å². The summed E-state index contributed by atoms with van der Waals surface area (Å²) in [5.74, 6) is 1.24. The largest absolute Gasteiger partial charge is 0.491 e. The predicted molar refractivity (Wildman–Crippen MR) is 90.0 cm³/mol. The van der Waals surface area contributed by atoms with E-state index in [1.54, 1.807) is 6.33 Å². The van der Waals surface area contributed by atoms with Crippen LogP contribution in [0.2, 0.25) is 0 Å². The number of aliphatic hydroxyl groups is 1. The Labute approximate surface area is 138 Å². The summed E-state index contributed by atoms with van der Waals surface area (Å²) >= 11 is 1.45. The smallest absolute Gasteiger partial charge is 0.195 e. The van der Waals surface area contributed by atoms with Gasteiger partial charge in [0.25, 0.3) is 0 Å². The monoisotopic (exact) mass is 327 g/mol. The number of rotatable bonds is 7. The number of hydrogen-bond donors (Lipinski definition) is 1. The molecule has 0 aliphatic carbocycles. The molecule has 6 heteroatoms. The Morgan fingerprint density at radius 1 is 1.04 bits per heavy atom. The van der Waals surface area contributed by atoms with Crippen molar-refractivity contribution in [1.82, 2.24) is 14.8 Å². The highest BCUT2D eigenvalue weighted by Gasteiger charge is 2.11. The van der Waals surface area contributed by atoms with Crippen molar-refractivity contribution >= 4 is 11.8 Å². The summed E-state index contributed by atoms with van der Waals surface area (Å²) in [5, 5.41) is 18.9. The Bertz CT molecular complexity index is 719. The van der Waals surface area contributed by atoms with Gasteiger partial charge in [0.05, 0.1) is 6.10 Å². The van der Waals surface area contributed by atoms with Crippen LogP contribution >= 0.6 is 11.8 Å². The number of aromatic nitrogens is 3. The van der Waals surface area contributed by atoms with Gasteiger partial charge in [-0.2, -0.15) is 0 Å². The minimum absolute atomic E-state index is 0.247. The molecule has 0 aliphatic heterocycles. The van der Waals surface area contributed by atoms with E-state index in [1.165, 1.54) is 11.8 Å². The van der Waals surface area contributed by atoms with E-state index < -0.39 is 6.10 Å². The molecule has 0 fully saturated rings. The third-order valence-corrected chi connectivity index (χ3v) is 4.23. The highest BCUT2D eigenvalue weighted by molar-refractivity contribution is 7.99. The first-order chi connectivity index (χ1) is 11.3. The zero-order valence-electron chi connectivity index (χ0n) is 12.4. The van der Waals surface area contributed by atoms with Crippen molar-refractivity contribution in [2.24, 2.45) is 0 Å². The SMILES string of the molecule is OC(COc1ccccc1)CSc1nncn1-c1ccccc1.